The van der Waals surface area contributed by atoms with Gasteiger partial charge < -0.3 is 15.4 Å². The van der Waals surface area contributed by atoms with Gasteiger partial charge in [0.25, 0.3) is 0 Å². The molecule has 1 aliphatic rings. The molecule has 2 rings (SSSR count). The lowest BCUT2D eigenvalue weighted by Crippen LogP contribution is -2.42. The Kier molecular flexibility index (Phi) is 6.84. The van der Waals surface area contributed by atoms with Crippen molar-refractivity contribution < 1.29 is 9.13 Å². The third-order valence-electron chi connectivity index (χ3n) is 4.29. The summed E-state index contributed by atoms with van der Waals surface area (Å²) in [7, 11) is 1.76. The molecule has 4 nitrogen and oxygen atoms in total. The van der Waals surface area contributed by atoms with Crippen molar-refractivity contribution in [1.29, 1.82) is 0 Å². The van der Waals surface area contributed by atoms with Crippen LogP contribution < -0.4 is 10.6 Å². The van der Waals surface area contributed by atoms with Crippen LogP contribution in [-0.2, 0) is 10.2 Å². The van der Waals surface area contributed by atoms with Gasteiger partial charge in [0, 0.05) is 32.2 Å². The zero-order valence-electron chi connectivity index (χ0n) is 14.2. The van der Waals surface area contributed by atoms with Gasteiger partial charge in [0.1, 0.15) is 5.82 Å². The number of hydrogen-bond donors (Lipinski definition) is 2. The van der Waals surface area contributed by atoms with Crippen LogP contribution in [0.5, 0.6) is 0 Å². The van der Waals surface area contributed by atoms with Crippen molar-refractivity contribution in [1.82, 2.24) is 10.6 Å². The standard InChI is InChI=1S/C18H28FN3O/c1-3-4-11-23-12-10-21-17(20-2)22-14-18(8-9-18)15-6-5-7-16(19)13-15/h5-7,13H,3-4,8-12,14H2,1-2H3,(H2,20,21,22). The van der Waals surface area contributed by atoms with Crippen molar-refractivity contribution in [3.63, 3.8) is 0 Å². The molecule has 0 unspecified atom stereocenters. The molecule has 0 heterocycles. The highest BCUT2D eigenvalue weighted by molar-refractivity contribution is 5.79. The summed E-state index contributed by atoms with van der Waals surface area (Å²) in [5, 5.41) is 6.60. The summed E-state index contributed by atoms with van der Waals surface area (Å²) in [5.74, 6) is 0.604. The summed E-state index contributed by atoms with van der Waals surface area (Å²) < 4.78 is 18.9. The molecule has 1 aromatic rings. The number of guanidine groups is 1. The quantitative estimate of drug-likeness (QED) is 0.418. The van der Waals surface area contributed by atoms with Gasteiger partial charge in [-0.3, -0.25) is 4.99 Å². The zero-order valence-corrected chi connectivity index (χ0v) is 14.2. The molecule has 128 valence electrons. The van der Waals surface area contributed by atoms with Crippen LogP contribution >= 0.6 is 0 Å². The van der Waals surface area contributed by atoms with Gasteiger partial charge in [0.15, 0.2) is 5.96 Å². The van der Waals surface area contributed by atoms with Crippen molar-refractivity contribution >= 4 is 5.96 Å². The van der Waals surface area contributed by atoms with Gasteiger partial charge in [-0.2, -0.15) is 0 Å². The molecule has 0 amide bonds. The van der Waals surface area contributed by atoms with Gasteiger partial charge in [-0.05, 0) is 37.0 Å². The van der Waals surface area contributed by atoms with E-state index in [0.717, 1.165) is 56.9 Å². The van der Waals surface area contributed by atoms with E-state index >= 15 is 0 Å². The Hall–Kier alpha value is -1.62. The van der Waals surface area contributed by atoms with E-state index in [2.05, 4.69) is 22.5 Å². The maximum atomic E-state index is 13.4. The average Bonchev–Trinajstić information content (AvgIpc) is 3.35. The molecule has 1 aromatic carbocycles. The Morgan fingerprint density at radius 1 is 1.30 bits per heavy atom. The molecule has 23 heavy (non-hydrogen) atoms. The predicted molar refractivity (Wildman–Crippen MR) is 92.4 cm³/mol. The van der Waals surface area contributed by atoms with Crippen LogP contribution in [0.3, 0.4) is 0 Å². The van der Waals surface area contributed by atoms with Gasteiger partial charge in [-0.1, -0.05) is 25.5 Å². The summed E-state index contributed by atoms with van der Waals surface area (Å²) >= 11 is 0. The first-order valence-electron chi connectivity index (χ1n) is 8.48. The Labute approximate surface area is 138 Å². The van der Waals surface area contributed by atoms with E-state index in [-0.39, 0.29) is 11.2 Å². The van der Waals surface area contributed by atoms with Gasteiger partial charge >= 0.3 is 0 Å². The number of benzene rings is 1. The van der Waals surface area contributed by atoms with Crippen molar-refractivity contribution in [2.45, 2.75) is 38.0 Å². The van der Waals surface area contributed by atoms with E-state index < -0.39 is 0 Å². The van der Waals surface area contributed by atoms with Crippen LogP contribution in [0.2, 0.25) is 0 Å². The lowest BCUT2D eigenvalue weighted by atomic mass is 9.96. The molecule has 0 aliphatic heterocycles. The highest BCUT2D eigenvalue weighted by Crippen LogP contribution is 2.47. The maximum absolute atomic E-state index is 13.4. The summed E-state index contributed by atoms with van der Waals surface area (Å²) in [5.41, 5.74) is 1.13. The number of halogens is 1. The Balaban J connectivity index is 1.73. The second-order valence-electron chi connectivity index (χ2n) is 6.11. The molecular weight excluding hydrogens is 293 g/mol. The van der Waals surface area contributed by atoms with Gasteiger partial charge in [-0.15, -0.1) is 0 Å². The van der Waals surface area contributed by atoms with Crippen LogP contribution in [0.4, 0.5) is 4.39 Å². The zero-order chi connectivity index (χ0) is 16.5. The average molecular weight is 321 g/mol. The first-order valence-corrected chi connectivity index (χ1v) is 8.48. The van der Waals surface area contributed by atoms with Crippen LogP contribution in [0.1, 0.15) is 38.2 Å². The molecule has 1 aliphatic carbocycles. The highest BCUT2D eigenvalue weighted by Gasteiger charge is 2.44. The monoisotopic (exact) mass is 321 g/mol. The Morgan fingerprint density at radius 2 is 2.13 bits per heavy atom. The summed E-state index contributed by atoms with van der Waals surface area (Å²) in [6.07, 6.45) is 4.42. The fraction of sp³-hybridized carbons (Fsp3) is 0.611. The first-order chi connectivity index (χ1) is 11.2. The van der Waals surface area contributed by atoms with Gasteiger partial charge in [0.2, 0.25) is 0 Å². The third kappa shape index (κ3) is 5.50. The second kappa shape index (κ2) is 8.87. The molecule has 0 bridgehead atoms. The molecule has 2 N–H and O–H groups in total. The number of nitrogens with one attached hydrogen (secondary N) is 2. The van der Waals surface area contributed by atoms with E-state index in [0.29, 0.717) is 6.61 Å². The van der Waals surface area contributed by atoms with E-state index in [4.69, 9.17) is 4.74 Å². The third-order valence-corrected chi connectivity index (χ3v) is 4.29. The van der Waals surface area contributed by atoms with E-state index in [9.17, 15) is 4.39 Å². The largest absolute Gasteiger partial charge is 0.380 e. The lowest BCUT2D eigenvalue weighted by Gasteiger charge is -2.19. The fourth-order valence-corrected chi connectivity index (χ4v) is 2.60. The van der Waals surface area contributed by atoms with Crippen molar-refractivity contribution in [3.05, 3.63) is 35.6 Å². The first kappa shape index (κ1) is 17.7. The Morgan fingerprint density at radius 3 is 2.78 bits per heavy atom. The smallest absolute Gasteiger partial charge is 0.191 e. The minimum atomic E-state index is -0.166. The molecule has 0 aromatic heterocycles. The van der Waals surface area contributed by atoms with E-state index in [1.165, 1.54) is 6.07 Å². The molecule has 1 fully saturated rings. The van der Waals surface area contributed by atoms with Gasteiger partial charge in [0.05, 0.1) is 6.61 Å². The van der Waals surface area contributed by atoms with Gasteiger partial charge in [-0.25, -0.2) is 4.39 Å². The van der Waals surface area contributed by atoms with Crippen LogP contribution in [-0.4, -0.2) is 39.3 Å². The number of aliphatic imine (C=N–C) groups is 1. The normalized spacial score (nSPS) is 16.2. The number of rotatable bonds is 9. The molecule has 5 heteroatoms. The maximum Gasteiger partial charge on any atom is 0.191 e. The number of hydrogen-bond acceptors (Lipinski definition) is 2. The highest BCUT2D eigenvalue weighted by atomic mass is 19.1. The van der Waals surface area contributed by atoms with Crippen molar-refractivity contribution in [3.8, 4) is 0 Å². The molecule has 0 saturated heterocycles. The minimum absolute atomic E-state index is 0.0529. The van der Waals surface area contributed by atoms with Crippen LogP contribution in [0.15, 0.2) is 29.3 Å². The molecule has 0 radical (unpaired) electrons. The molecule has 0 spiro atoms. The number of ether oxygens (including phenoxy) is 1. The molecule has 0 atom stereocenters. The molecular formula is C18H28FN3O. The second-order valence-corrected chi connectivity index (χ2v) is 6.11. The van der Waals surface area contributed by atoms with Crippen LogP contribution in [0.25, 0.3) is 0 Å². The number of unbranched alkanes of at least 4 members (excludes halogenated alkanes) is 1. The molecule has 1 saturated carbocycles. The Bertz CT molecular complexity index is 515. The van der Waals surface area contributed by atoms with Crippen molar-refractivity contribution in [2.75, 3.05) is 33.4 Å². The predicted octanol–water partition coefficient (Wildman–Crippen LogP) is 2.84. The van der Waals surface area contributed by atoms with E-state index in [1.54, 1.807) is 19.2 Å². The lowest BCUT2D eigenvalue weighted by molar-refractivity contribution is 0.136. The summed E-state index contributed by atoms with van der Waals surface area (Å²) in [6, 6.07) is 6.93. The minimum Gasteiger partial charge on any atom is -0.380 e. The topological polar surface area (TPSA) is 45.6 Å². The summed E-state index contributed by atoms with van der Waals surface area (Å²) in [4.78, 5) is 4.23. The fourth-order valence-electron chi connectivity index (χ4n) is 2.60. The summed E-state index contributed by atoms with van der Waals surface area (Å²) in [6.45, 7) is 5.14. The SMILES string of the molecule is CCCCOCCNC(=NC)NCC1(c2cccc(F)c2)CC1. The van der Waals surface area contributed by atoms with E-state index in [1.807, 2.05) is 6.07 Å². The number of nitrogens with zero attached hydrogens (tertiary/aromatic N) is 1. The van der Waals surface area contributed by atoms with Crippen LogP contribution in [0, 0.1) is 5.82 Å². The van der Waals surface area contributed by atoms with Crippen molar-refractivity contribution in [2.24, 2.45) is 4.99 Å².